The number of hydrogen-bond donors (Lipinski definition) is 2. The molecule has 8 heteroatoms. The Morgan fingerprint density at radius 2 is 1.90 bits per heavy atom. The molecule has 0 saturated carbocycles. The first kappa shape index (κ1) is 19.1. The lowest BCUT2D eigenvalue weighted by Crippen LogP contribution is -2.13. The van der Waals surface area contributed by atoms with Crippen molar-refractivity contribution in [3.8, 4) is 11.1 Å². The van der Waals surface area contributed by atoms with Gasteiger partial charge in [0, 0.05) is 18.9 Å². The number of carboxylic acids is 1. The molecule has 2 aromatic carbocycles. The molecule has 0 fully saturated rings. The average molecular weight is 402 g/mol. The van der Waals surface area contributed by atoms with Gasteiger partial charge in [-0.25, -0.2) is 19.3 Å². The largest absolute Gasteiger partial charge is 0.476 e. The molecule has 0 spiro atoms. The number of rotatable bonds is 5. The van der Waals surface area contributed by atoms with Gasteiger partial charge in [0.25, 0.3) is 0 Å². The van der Waals surface area contributed by atoms with Crippen LogP contribution in [0.15, 0.2) is 66.9 Å². The van der Waals surface area contributed by atoms with Crippen LogP contribution in [-0.2, 0) is 18.4 Å². The van der Waals surface area contributed by atoms with Crippen molar-refractivity contribution < 1.29 is 19.4 Å². The first-order valence-corrected chi connectivity index (χ1v) is 9.16. The third-order valence-corrected chi connectivity index (χ3v) is 4.56. The molecule has 0 unspecified atom stereocenters. The molecule has 0 radical (unpaired) electrons. The van der Waals surface area contributed by atoms with Gasteiger partial charge in [-0.2, -0.15) is 5.10 Å². The van der Waals surface area contributed by atoms with E-state index in [2.05, 4.69) is 15.4 Å². The van der Waals surface area contributed by atoms with E-state index in [1.54, 1.807) is 37.5 Å². The molecule has 4 rings (SSSR count). The van der Waals surface area contributed by atoms with Gasteiger partial charge in [0.2, 0.25) is 0 Å². The van der Waals surface area contributed by atoms with Gasteiger partial charge in [-0.3, -0.25) is 5.32 Å². The smallest absolute Gasteiger partial charge is 0.411 e. The lowest BCUT2D eigenvalue weighted by molar-refractivity contribution is 0.0691. The zero-order chi connectivity index (χ0) is 21.1. The van der Waals surface area contributed by atoms with Gasteiger partial charge in [-0.05, 0) is 34.9 Å². The van der Waals surface area contributed by atoms with E-state index in [4.69, 9.17) is 4.74 Å². The van der Waals surface area contributed by atoms with E-state index in [0.717, 1.165) is 11.1 Å². The Labute approximate surface area is 171 Å². The number of amides is 1. The minimum atomic E-state index is -1.13. The molecule has 30 heavy (non-hydrogen) atoms. The molecule has 0 aliphatic rings. The zero-order valence-electron chi connectivity index (χ0n) is 16.1. The van der Waals surface area contributed by atoms with Crippen LogP contribution in [0, 0.1) is 0 Å². The number of nitrogens with one attached hydrogen (secondary N) is 1. The highest BCUT2D eigenvalue weighted by molar-refractivity contribution is 6.07. The predicted molar refractivity (Wildman–Crippen MR) is 111 cm³/mol. The van der Waals surface area contributed by atoms with E-state index in [9.17, 15) is 14.7 Å². The van der Waals surface area contributed by atoms with Crippen molar-refractivity contribution in [3.63, 3.8) is 0 Å². The average Bonchev–Trinajstić information content (AvgIpc) is 3.10. The summed E-state index contributed by atoms with van der Waals surface area (Å²) in [5, 5.41) is 16.7. The van der Waals surface area contributed by atoms with Gasteiger partial charge in [-0.1, -0.05) is 42.5 Å². The second kappa shape index (κ2) is 8.04. The number of ether oxygens (including phenoxy) is 1. The van der Waals surface area contributed by atoms with Crippen LogP contribution in [0.25, 0.3) is 22.2 Å². The second-order valence-corrected chi connectivity index (χ2v) is 6.60. The van der Waals surface area contributed by atoms with Crippen LogP contribution in [-0.4, -0.2) is 31.9 Å². The number of carbonyl (C=O) groups is 2. The molecule has 0 aliphatic carbocycles. The Hall–Kier alpha value is -4.20. The number of benzene rings is 2. The lowest BCUT2D eigenvalue weighted by Gasteiger charge is -2.09. The number of aromatic nitrogens is 3. The molecule has 2 heterocycles. The van der Waals surface area contributed by atoms with Crippen molar-refractivity contribution in [1.82, 2.24) is 14.8 Å². The first-order chi connectivity index (χ1) is 14.5. The van der Waals surface area contributed by atoms with E-state index in [1.807, 2.05) is 36.4 Å². The first-order valence-electron chi connectivity index (χ1n) is 9.16. The summed E-state index contributed by atoms with van der Waals surface area (Å²) >= 11 is 0. The summed E-state index contributed by atoms with van der Waals surface area (Å²) < 4.78 is 6.69. The summed E-state index contributed by atoms with van der Waals surface area (Å²) in [5.74, 6) is -1.13. The van der Waals surface area contributed by atoms with Gasteiger partial charge in [0.15, 0.2) is 11.3 Å². The number of nitrogens with zero attached hydrogens (tertiary/aromatic N) is 3. The van der Waals surface area contributed by atoms with Gasteiger partial charge in [0.05, 0.1) is 5.39 Å². The van der Waals surface area contributed by atoms with Crippen LogP contribution in [0.3, 0.4) is 0 Å². The Balaban J connectivity index is 1.59. The van der Waals surface area contributed by atoms with Crippen molar-refractivity contribution in [2.45, 2.75) is 6.61 Å². The van der Waals surface area contributed by atoms with Crippen LogP contribution in [0.5, 0.6) is 0 Å². The maximum Gasteiger partial charge on any atom is 0.411 e. The molecule has 150 valence electrons. The zero-order valence-corrected chi connectivity index (χ0v) is 16.1. The summed E-state index contributed by atoms with van der Waals surface area (Å²) in [4.78, 5) is 28.0. The van der Waals surface area contributed by atoms with Crippen LogP contribution in [0.1, 0.15) is 16.1 Å². The van der Waals surface area contributed by atoms with Crippen LogP contribution >= 0.6 is 0 Å². The lowest BCUT2D eigenvalue weighted by atomic mass is 10.0. The van der Waals surface area contributed by atoms with E-state index in [-0.39, 0.29) is 12.3 Å². The van der Waals surface area contributed by atoms with Crippen LogP contribution < -0.4 is 5.32 Å². The fraction of sp³-hybridized carbons (Fsp3) is 0.0909. The third kappa shape index (κ3) is 3.83. The molecule has 2 N–H and O–H groups in total. The Morgan fingerprint density at radius 1 is 1.10 bits per heavy atom. The molecule has 1 amide bonds. The monoisotopic (exact) mass is 402 g/mol. The van der Waals surface area contributed by atoms with E-state index in [0.29, 0.717) is 22.3 Å². The van der Waals surface area contributed by atoms with E-state index in [1.165, 1.54) is 4.68 Å². The Bertz CT molecular complexity index is 1230. The number of carboxylic acid groups (broad SMARTS) is 1. The van der Waals surface area contributed by atoms with Crippen LogP contribution in [0.4, 0.5) is 10.5 Å². The van der Waals surface area contributed by atoms with Crippen molar-refractivity contribution in [2.75, 3.05) is 5.32 Å². The van der Waals surface area contributed by atoms with Gasteiger partial charge < -0.3 is 9.84 Å². The summed E-state index contributed by atoms with van der Waals surface area (Å²) in [6.07, 6.45) is 1.02. The topological polar surface area (TPSA) is 106 Å². The van der Waals surface area contributed by atoms with Gasteiger partial charge >= 0.3 is 12.1 Å². The highest BCUT2D eigenvalue weighted by atomic mass is 16.5. The minimum Gasteiger partial charge on any atom is -0.476 e. The molecule has 4 aromatic rings. The van der Waals surface area contributed by atoms with E-state index >= 15 is 0 Å². The highest BCUT2D eigenvalue weighted by Crippen LogP contribution is 2.31. The number of carbonyl (C=O) groups excluding carboxylic acids is 1. The minimum absolute atomic E-state index is 0.0729. The van der Waals surface area contributed by atoms with Crippen LogP contribution in [0.2, 0.25) is 0 Å². The maximum absolute atomic E-state index is 12.2. The van der Waals surface area contributed by atoms with Gasteiger partial charge in [-0.15, -0.1) is 0 Å². The van der Waals surface area contributed by atoms with Crippen molar-refractivity contribution in [2.24, 2.45) is 7.05 Å². The molecule has 2 aromatic heterocycles. The predicted octanol–water partition coefficient (Wildman–Crippen LogP) is 4.08. The molecule has 8 nitrogen and oxygen atoms in total. The molecular weight excluding hydrogens is 384 g/mol. The standard InChI is InChI=1S/C22H18N4O4/c1-26-20-18(19(25-26)21(27)28)17(10-11-23-20)15-8-5-9-16(12-15)24-22(29)30-13-14-6-3-2-4-7-14/h2-12H,13H2,1H3,(H,24,29)(H,27,28). The maximum atomic E-state index is 12.2. The molecule has 0 aliphatic heterocycles. The Morgan fingerprint density at radius 3 is 2.67 bits per heavy atom. The van der Waals surface area contributed by atoms with Crippen molar-refractivity contribution in [3.05, 3.63) is 78.1 Å². The van der Waals surface area contributed by atoms with E-state index < -0.39 is 12.1 Å². The quantitative estimate of drug-likeness (QED) is 0.521. The van der Waals surface area contributed by atoms with Crippen molar-refractivity contribution >= 4 is 28.8 Å². The fourth-order valence-corrected chi connectivity index (χ4v) is 3.21. The summed E-state index contributed by atoms with van der Waals surface area (Å²) in [7, 11) is 1.65. The normalized spacial score (nSPS) is 10.7. The fourth-order valence-electron chi connectivity index (χ4n) is 3.21. The molecule has 0 saturated heterocycles. The SMILES string of the molecule is Cn1nc(C(=O)O)c2c(-c3cccc(NC(=O)OCc4ccccc4)c3)ccnc21. The molecule has 0 atom stereocenters. The number of fused-ring (bicyclic) bond motifs is 1. The number of anilines is 1. The van der Waals surface area contributed by atoms with Gasteiger partial charge in [0.1, 0.15) is 6.61 Å². The third-order valence-electron chi connectivity index (χ3n) is 4.56. The Kier molecular flexibility index (Phi) is 5.13. The number of pyridine rings is 1. The molecule has 0 bridgehead atoms. The van der Waals surface area contributed by atoms with Crippen molar-refractivity contribution in [1.29, 1.82) is 0 Å². The number of aromatic carboxylic acids is 1. The highest BCUT2D eigenvalue weighted by Gasteiger charge is 2.20. The molecular formula is C22H18N4O4. The number of aryl methyl sites for hydroxylation is 1. The summed E-state index contributed by atoms with van der Waals surface area (Å²) in [6, 6.07) is 18.2. The summed E-state index contributed by atoms with van der Waals surface area (Å²) in [6.45, 7) is 0.162. The number of hydrogen-bond acceptors (Lipinski definition) is 5. The summed E-state index contributed by atoms with van der Waals surface area (Å²) in [5.41, 5.74) is 3.18. The second-order valence-electron chi connectivity index (χ2n) is 6.60.